The van der Waals surface area contributed by atoms with Gasteiger partial charge in [-0.25, -0.2) is 8.78 Å². The number of benzene rings is 1. The first-order valence-corrected chi connectivity index (χ1v) is 7.99. The Balaban J connectivity index is 2.17. The lowest BCUT2D eigenvalue weighted by molar-refractivity contribution is -0.124. The molecule has 3 N–H and O–H groups in total. The van der Waals surface area contributed by atoms with Crippen LogP contribution in [0.1, 0.15) is 26.7 Å². The largest absolute Gasteiger partial charge is 0.368 e. The second-order valence-corrected chi connectivity index (χ2v) is 6.79. The van der Waals surface area contributed by atoms with Crippen LogP contribution < -0.4 is 11.1 Å². The number of amides is 1. The van der Waals surface area contributed by atoms with Crippen molar-refractivity contribution in [3.63, 3.8) is 0 Å². The number of hydrogen-bond acceptors (Lipinski definition) is 3. The Labute approximate surface area is 127 Å². The molecule has 1 saturated carbocycles. The summed E-state index contributed by atoms with van der Waals surface area (Å²) in [6.45, 7) is 3.90. The standard InChI is InChI=1S/C15H20F2N2OS/c1-9(2)19-15(14(18)20,10-3-4-10)8-21-13-6-5-11(16)7-12(13)17/h5-7,9-10,19H,3-4,8H2,1-2H3,(H2,18,20). The van der Waals surface area contributed by atoms with Gasteiger partial charge >= 0.3 is 0 Å². The van der Waals surface area contributed by atoms with Gasteiger partial charge in [0.25, 0.3) is 0 Å². The number of nitrogens with two attached hydrogens (primary N) is 1. The zero-order valence-electron chi connectivity index (χ0n) is 12.2. The molecule has 1 fully saturated rings. The number of primary amides is 1. The molecule has 1 unspecified atom stereocenters. The first kappa shape index (κ1) is 16.2. The van der Waals surface area contributed by atoms with Crippen LogP contribution in [-0.4, -0.2) is 23.2 Å². The Morgan fingerprint density at radius 1 is 1.48 bits per heavy atom. The van der Waals surface area contributed by atoms with E-state index in [0.717, 1.165) is 18.9 Å². The quantitative estimate of drug-likeness (QED) is 0.761. The predicted octanol–water partition coefficient (Wildman–Crippen LogP) is 2.69. The second-order valence-electron chi connectivity index (χ2n) is 5.77. The highest BCUT2D eigenvalue weighted by Gasteiger charge is 2.50. The van der Waals surface area contributed by atoms with Gasteiger partial charge < -0.3 is 11.1 Å². The third-order valence-corrected chi connectivity index (χ3v) is 4.85. The SMILES string of the molecule is CC(C)NC(CSc1ccc(F)cc1F)(C(N)=O)C1CC1. The molecule has 1 aliphatic carbocycles. The number of carbonyl (C=O) groups excluding carboxylic acids is 1. The molecule has 1 aromatic carbocycles. The van der Waals surface area contributed by atoms with Gasteiger partial charge in [0.2, 0.25) is 5.91 Å². The monoisotopic (exact) mass is 314 g/mol. The molecule has 0 heterocycles. The van der Waals surface area contributed by atoms with E-state index >= 15 is 0 Å². The summed E-state index contributed by atoms with van der Waals surface area (Å²) in [5.74, 6) is -1.10. The molecular formula is C15H20F2N2OS. The lowest BCUT2D eigenvalue weighted by Crippen LogP contribution is -2.61. The number of nitrogens with one attached hydrogen (secondary N) is 1. The van der Waals surface area contributed by atoms with E-state index in [2.05, 4.69) is 5.32 Å². The van der Waals surface area contributed by atoms with E-state index in [4.69, 9.17) is 5.73 Å². The highest BCUT2D eigenvalue weighted by molar-refractivity contribution is 7.99. The maximum Gasteiger partial charge on any atom is 0.238 e. The number of carbonyl (C=O) groups is 1. The summed E-state index contributed by atoms with van der Waals surface area (Å²) in [5.41, 5.74) is 4.79. The smallest absolute Gasteiger partial charge is 0.238 e. The fourth-order valence-corrected chi connectivity index (χ4v) is 3.70. The Kier molecular flexibility index (Phi) is 4.88. The van der Waals surface area contributed by atoms with Crippen LogP contribution in [0.25, 0.3) is 0 Å². The lowest BCUT2D eigenvalue weighted by Gasteiger charge is -2.34. The zero-order chi connectivity index (χ0) is 15.6. The minimum atomic E-state index is -0.834. The van der Waals surface area contributed by atoms with E-state index in [1.165, 1.54) is 23.9 Å². The first-order valence-electron chi connectivity index (χ1n) is 7.00. The van der Waals surface area contributed by atoms with Crippen LogP contribution in [0, 0.1) is 17.6 Å². The summed E-state index contributed by atoms with van der Waals surface area (Å²) in [5, 5.41) is 3.26. The molecular weight excluding hydrogens is 294 g/mol. The number of rotatable bonds is 7. The Bertz CT molecular complexity index is 534. The molecule has 21 heavy (non-hydrogen) atoms. The van der Waals surface area contributed by atoms with Crippen molar-refractivity contribution in [1.29, 1.82) is 0 Å². The maximum absolute atomic E-state index is 13.7. The van der Waals surface area contributed by atoms with Gasteiger partial charge in [0.1, 0.15) is 17.2 Å². The molecule has 0 spiro atoms. The molecule has 1 amide bonds. The summed E-state index contributed by atoms with van der Waals surface area (Å²) in [6, 6.07) is 3.55. The molecule has 6 heteroatoms. The molecule has 2 rings (SSSR count). The topological polar surface area (TPSA) is 55.1 Å². The van der Waals surface area contributed by atoms with Crippen molar-refractivity contribution in [3.8, 4) is 0 Å². The average molecular weight is 314 g/mol. The van der Waals surface area contributed by atoms with Gasteiger partial charge in [-0.15, -0.1) is 11.8 Å². The maximum atomic E-state index is 13.7. The van der Waals surface area contributed by atoms with Gasteiger partial charge in [-0.1, -0.05) is 0 Å². The van der Waals surface area contributed by atoms with Crippen LogP contribution >= 0.6 is 11.8 Å². The highest BCUT2D eigenvalue weighted by atomic mass is 32.2. The Morgan fingerprint density at radius 2 is 2.14 bits per heavy atom. The Morgan fingerprint density at radius 3 is 2.62 bits per heavy atom. The van der Waals surface area contributed by atoms with Gasteiger partial charge in [-0.2, -0.15) is 0 Å². The summed E-state index contributed by atoms with van der Waals surface area (Å²) in [6.07, 6.45) is 1.88. The number of hydrogen-bond donors (Lipinski definition) is 2. The predicted molar refractivity (Wildman–Crippen MR) is 80.0 cm³/mol. The second kappa shape index (κ2) is 6.32. The molecule has 1 aromatic rings. The molecule has 0 saturated heterocycles. The van der Waals surface area contributed by atoms with Gasteiger partial charge in [-0.05, 0) is 44.7 Å². The van der Waals surface area contributed by atoms with Gasteiger partial charge in [-0.3, -0.25) is 4.79 Å². The fraction of sp³-hybridized carbons (Fsp3) is 0.533. The summed E-state index contributed by atoms with van der Waals surface area (Å²) >= 11 is 1.20. The summed E-state index contributed by atoms with van der Waals surface area (Å²) in [7, 11) is 0. The van der Waals surface area contributed by atoms with Crippen molar-refractivity contribution < 1.29 is 13.6 Å². The lowest BCUT2D eigenvalue weighted by atomic mass is 9.93. The van der Waals surface area contributed by atoms with Gasteiger partial charge in [0.15, 0.2) is 0 Å². The molecule has 1 atom stereocenters. The van der Waals surface area contributed by atoms with Crippen LogP contribution in [0.2, 0.25) is 0 Å². The average Bonchev–Trinajstić information content (AvgIpc) is 3.19. The zero-order valence-corrected chi connectivity index (χ0v) is 13.0. The molecule has 0 radical (unpaired) electrons. The van der Waals surface area contributed by atoms with E-state index in [-0.39, 0.29) is 12.0 Å². The normalized spacial score (nSPS) is 17.8. The fourth-order valence-electron chi connectivity index (χ4n) is 2.50. The minimum Gasteiger partial charge on any atom is -0.368 e. The molecule has 0 aromatic heterocycles. The van der Waals surface area contributed by atoms with Gasteiger partial charge in [0, 0.05) is 22.8 Å². The van der Waals surface area contributed by atoms with Crippen LogP contribution in [0.3, 0.4) is 0 Å². The van der Waals surface area contributed by atoms with Crippen LogP contribution in [0.4, 0.5) is 8.78 Å². The Hall–Kier alpha value is -1.14. The summed E-state index contributed by atoms with van der Waals surface area (Å²) in [4.78, 5) is 12.3. The van der Waals surface area contributed by atoms with E-state index < -0.39 is 23.1 Å². The summed E-state index contributed by atoms with van der Waals surface area (Å²) < 4.78 is 26.6. The molecule has 116 valence electrons. The minimum absolute atomic E-state index is 0.0942. The van der Waals surface area contributed by atoms with Crippen LogP contribution in [-0.2, 0) is 4.79 Å². The van der Waals surface area contributed by atoms with E-state index in [0.29, 0.717) is 10.6 Å². The van der Waals surface area contributed by atoms with E-state index in [1.54, 1.807) is 0 Å². The van der Waals surface area contributed by atoms with Crippen LogP contribution in [0.5, 0.6) is 0 Å². The van der Waals surface area contributed by atoms with Crippen molar-refractivity contribution in [3.05, 3.63) is 29.8 Å². The number of halogens is 2. The third-order valence-electron chi connectivity index (χ3n) is 3.61. The van der Waals surface area contributed by atoms with Crippen molar-refractivity contribution in [2.75, 3.05) is 5.75 Å². The van der Waals surface area contributed by atoms with Crippen molar-refractivity contribution in [2.45, 2.75) is 43.2 Å². The van der Waals surface area contributed by atoms with E-state index in [1.807, 2.05) is 13.8 Å². The third kappa shape index (κ3) is 3.74. The van der Waals surface area contributed by atoms with E-state index in [9.17, 15) is 13.6 Å². The van der Waals surface area contributed by atoms with Crippen molar-refractivity contribution >= 4 is 17.7 Å². The van der Waals surface area contributed by atoms with Crippen LogP contribution in [0.15, 0.2) is 23.1 Å². The van der Waals surface area contributed by atoms with Gasteiger partial charge in [0.05, 0.1) is 0 Å². The number of thioether (sulfide) groups is 1. The first-order chi connectivity index (χ1) is 9.85. The molecule has 0 aliphatic heterocycles. The van der Waals surface area contributed by atoms with Crippen molar-refractivity contribution in [1.82, 2.24) is 5.32 Å². The molecule has 0 bridgehead atoms. The molecule has 1 aliphatic rings. The highest BCUT2D eigenvalue weighted by Crippen LogP contribution is 2.43. The van der Waals surface area contributed by atoms with Crippen molar-refractivity contribution in [2.24, 2.45) is 11.7 Å². The molecule has 3 nitrogen and oxygen atoms in total.